The van der Waals surface area contributed by atoms with Gasteiger partial charge in [0.15, 0.2) is 0 Å². The summed E-state index contributed by atoms with van der Waals surface area (Å²) in [6, 6.07) is 6.31. The van der Waals surface area contributed by atoms with Crippen LogP contribution in [0, 0.1) is 11.8 Å². The maximum Gasteiger partial charge on any atom is 0.0412 e. The van der Waals surface area contributed by atoms with E-state index in [-0.39, 0.29) is 0 Å². The van der Waals surface area contributed by atoms with E-state index in [0.29, 0.717) is 5.92 Å². The van der Waals surface area contributed by atoms with E-state index < -0.39 is 0 Å². The van der Waals surface area contributed by atoms with Gasteiger partial charge >= 0.3 is 0 Å². The summed E-state index contributed by atoms with van der Waals surface area (Å²) < 4.78 is 0. The second-order valence-electron chi connectivity index (χ2n) is 6.47. The van der Waals surface area contributed by atoms with Crippen LogP contribution in [0.3, 0.4) is 0 Å². The molecule has 1 N–H and O–H groups in total. The Morgan fingerprint density at radius 3 is 2.65 bits per heavy atom. The number of anilines is 1. The number of piperidine rings is 1. The van der Waals surface area contributed by atoms with Gasteiger partial charge in [-0.25, -0.2) is 0 Å². The maximum absolute atomic E-state index is 6.17. The predicted molar refractivity (Wildman–Crippen MR) is 88.6 cm³/mol. The minimum Gasteiger partial charge on any atom is -0.371 e. The van der Waals surface area contributed by atoms with E-state index in [1.165, 1.54) is 37.2 Å². The second kappa shape index (κ2) is 7.33. The van der Waals surface area contributed by atoms with Gasteiger partial charge < -0.3 is 10.2 Å². The van der Waals surface area contributed by atoms with Gasteiger partial charge in [0, 0.05) is 30.3 Å². The number of halogens is 1. The molecule has 2 rings (SSSR count). The van der Waals surface area contributed by atoms with Crippen LogP contribution in [0.1, 0.15) is 39.2 Å². The van der Waals surface area contributed by atoms with E-state index in [1.807, 2.05) is 6.07 Å². The lowest BCUT2D eigenvalue weighted by molar-refractivity contribution is 0.437. The first-order valence-electron chi connectivity index (χ1n) is 7.80. The second-order valence-corrected chi connectivity index (χ2v) is 6.90. The number of nitrogens with one attached hydrogen (secondary N) is 1. The lowest BCUT2D eigenvalue weighted by atomic mass is 9.98. The minimum atomic E-state index is 0.675. The average molecular weight is 295 g/mol. The molecule has 0 aliphatic carbocycles. The first kappa shape index (κ1) is 15.7. The third-order valence-corrected chi connectivity index (χ3v) is 4.27. The molecule has 1 aromatic rings. The molecule has 1 saturated heterocycles. The van der Waals surface area contributed by atoms with Crippen LogP contribution in [0.15, 0.2) is 18.2 Å². The Morgan fingerprint density at radius 1 is 1.30 bits per heavy atom. The molecule has 1 aliphatic heterocycles. The Kier molecular flexibility index (Phi) is 5.74. The van der Waals surface area contributed by atoms with Crippen molar-refractivity contribution in [3.8, 4) is 0 Å². The number of hydrogen-bond donors (Lipinski definition) is 1. The summed E-state index contributed by atoms with van der Waals surface area (Å²) in [5.74, 6) is 1.54. The van der Waals surface area contributed by atoms with E-state index in [2.05, 4.69) is 43.1 Å². The summed E-state index contributed by atoms with van der Waals surface area (Å²) in [5, 5.41) is 4.37. The van der Waals surface area contributed by atoms with Gasteiger partial charge in [-0.15, -0.1) is 0 Å². The lowest BCUT2D eigenvalue weighted by Gasteiger charge is -2.33. The number of rotatable bonds is 5. The molecule has 0 radical (unpaired) electrons. The largest absolute Gasteiger partial charge is 0.371 e. The molecule has 20 heavy (non-hydrogen) atoms. The Morgan fingerprint density at radius 2 is 2.00 bits per heavy atom. The van der Waals surface area contributed by atoms with Crippen LogP contribution in [0.25, 0.3) is 0 Å². The molecule has 2 nitrogen and oxygen atoms in total. The summed E-state index contributed by atoms with van der Waals surface area (Å²) in [6.07, 6.45) is 2.59. The minimum absolute atomic E-state index is 0.675. The number of hydrogen-bond acceptors (Lipinski definition) is 2. The molecule has 1 fully saturated rings. The molecule has 0 atom stereocenters. The standard InChI is InChI=1S/C17H27ClN2/c1-13(2)11-19-12-15-10-16(18)4-5-17(15)20-8-6-14(3)7-9-20/h4-5,10,13-14,19H,6-9,11-12H2,1-3H3. The SMILES string of the molecule is CC(C)CNCc1cc(Cl)ccc1N1CCC(C)CC1. The third kappa shape index (κ3) is 4.39. The van der Waals surface area contributed by atoms with Gasteiger partial charge in [-0.3, -0.25) is 0 Å². The fourth-order valence-corrected chi connectivity index (χ4v) is 2.94. The molecule has 0 unspecified atom stereocenters. The highest BCUT2D eigenvalue weighted by Gasteiger charge is 2.18. The van der Waals surface area contributed by atoms with Crippen LogP contribution in [-0.2, 0) is 6.54 Å². The zero-order valence-electron chi connectivity index (χ0n) is 13.0. The van der Waals surface area contributed by atoms with Gasteiger partial charge in [0.2, 0.25) is 0 Å². The Hall–Kier alpha value is -0.730. The first-order valence-corrected chi connectivity index (χ1v) is 8.18. The van der Waals surface area contributed by atoms with Crippen molar-refractivity contribution in [2.24, 2.45) is 11.8 Å². The van der Waals surface area contributed by atoms with E-state index in [9.17, 15) is 0 Å². The molecule has 3 heteroatoms. The fraction of sp³-hybridized carbons (Fsp3) is 0.647. The highest BCUT2D eigenvalue weighted by atomic mass is 35.5. The zero-order valence-corrected chi connectivity index (χ0v) is 13.7. The van der Waals surface area contributed by atoms with Crippen LogP contribution in [-0.4, -0.2) is 19.6 Å². The molecule has 0 amide bonds. The highest BCUT2D eigenvalue weighted by molar-refractivity contribution is 6.30. The van der Waals surface area contributed by atoms with E-state index in [0.717, 1.165) is 24.0 Å². The van der Waals surface area contributed by atoms with Crippen molar-refractivity contribution < 1.29 is 0 Å². The molecule has 0 aromatic heterocycles. The van der Waals surface area contributed by atoms with Crippen LogP contribution in [0.2, 0.25) is 5.02 Å². The van der Waals surface area contributed by atoms with E-state index in [4.69, 9.17) is 11.6 Å². The normalized spacial score (nSPS) is 16.9. The van der Waals surface area contributed by atoms with Crippen molar-refractivity contribution in [1.82, 2.24) is 5.32 Å². The maximum atomic E-state index is 6.17. The molecule has 1 heterocycles. The predicted octanol–water partition coefficient (Wildman–Crippen LogP) is 4.32. The zero-order chi connectivity index (χ0) is 14.5. The summed E-state index contributed by atoms with van der Waals surface area (Å²) in [5.41, 5.74) is 2.69. The van der Waals surface area contributed by atoms with Crippen LogP contribution in [0.5, 0.6) is 0 Å². The quantitative estimate of drug-likeness (QED) is 0.870. The number of nitrogens with zero attached hydrogens (tertiary/aromatic N) is 1. The summed E-state index contributed by atoms with van der Waals surface area (Å²) in [7, 11) is 0. The smallest absolute Gasteiger partial charge is 0.0412 e. The van der Waals surface area contributed by atoms with Crippen molar-refractivity contribution >= 4 is 17.3 Å². The fourth-order valence-electron chi connectivity index (χ4n) is 2.75. The van der Waals surface area contributed by atoms with E-state index >= 15 is 0 Å². The van der Waals surface area contributed by atoms with Crippen LogP contribution < -0.4 is 10.2 Å². The van der Waals surface area contributed by atoms with E-state index in [1.54, 1.807) is 0 Å². The molecule has 1 aliphatic rings. The van der Waals surface area contributed by atoms with Crippen molar-refractivity contribution in [1.29, 1.82) is 0 Å². The molecule has 112 valence electrons. The van der Waals surface area contributed by atoms with Gasteiger partial charge in [-0.2, -0.15) is 0 Å². The summed E-state index contributed by atoms with van der Waals surface area (Å²) in [6.45, 7) is 11.1. The van der Waals surface area contributed by atoms with Crippen molar-refractivity contribution in [2.45, 2.75) is 40.2 Å². The van der Waals surface area contributed by atoms with Crippen LogP contribution >= 0.6 is 11.6 Å². The molecular weight excluding hydrogens is 268 g/mol. The van der Waals surface area contributed by atoms with Crippen LogP contribution in [0.4, 0.5) is 5.69 Å². The number of benzene rings is 1. The van der Waals surface area contributed by atoms with Gasteiger partial charge in [0.1, 0.15) is 0 Å². The average Bonchev–Trinajstić information content (AvgIpc) is 2.40. The van der Waals surface area contributed by atoms with Crippen molar-refractivity contribution in [3.63, 3.8) is 0 Å². The van der Waals surface area contributed by atoms with Gasteiger partial charge in [0.25, 0.3) is 0 Å². The van der Waals surface area contributed by atoms with Gasteiger partial charge in [0.05, 0.1) is 0 Å². The molecule has 0 spiro atoms. The Balaban J connectivity index is 2.07. The molecular formula is C17H27ClN2. The third-order valence-electron chi connectivity index (χ3n) is 4.03. The summed E-state index contributed by atoms with van der Waals surface area (Å²) >= 11 is 6.17. The monoisotopic (exact) mass is 294 g/mol. The summed E-state index contributed by atoms with van der Waals surface area (Å²) in [4.78, 5) is 2.52. The Bertz CT molecular complexity index is 423. The van der Waals surface area contributed by atoms with Gasteiger partial charge in [-0.05, 0) is 55.0 Å². The topological polar surface area (TPSA) is 15.3 Å². The molecule has 0 bridgehead atoms. The Labute approximate surface area is 128 Å². The molecule has 1 aromatic carbocycles. The van der Waals surface area contributed by atoms with Crippen molar-refractivity contribution in [3.05, 3.63) is 28.8 Å². The van der Waals surface area contributed by atoms with Gasteiger partial charge in [-0.1, -0.05) is 32.4 Å². The van der Waals surface area contributed by atoms with Crippen molar-refractivity contribution in [2.75, 3.05) is 24.5 Å². The molecule has 0 saturated carbocycles. The first-order chi connectivity index (χ1) is 9.56. The highest BCUT2D eigenvalue weighted by Crippen LogP contribution is 2.28. The lowest BCUT2D eigenvalue weighted by Crippen LogP contribution is -2.34.